The van der Waals surface area contributed by atoms with Crippen LogP contribution >= 0.6 is 0 Å². The Morgan fingerprint density at radius 1 is 1.25 bits per heavy atom. The number of carbonyl (C=O) groups excluding carboxylic acids is 3. The quantitative estimate of drug-likeness (QED) is 0.691. The van der Waals surface area contributed by atoms with Crippen LogP contribution in [0.25, 0.3) is 0 Å². The lowest BCUT2D eigenvalue weighted by Crippen LogP contribution is -2.35. The molecule has 130 valence electrons. The lowest BCUT2D eigenvalue weighted by molar-refractivity contribution is -0.150. The molecule has 2 rings (SSSR count). The van der Waals surface area contributed by atoms with Gasteiger partial charge in [0, 0.05) is 0 Å². The largest absolute Gasteiger partial charge is 0.456 e. The standard InChI is InChI=1S/C15H17NO7S/c1-11-2-4-12(5-3-11)24(20,21)9-6-14(18)23-10-13(17)16-7-8-22-15(16)19/h2-5H,6-10H2,1H3. The molecular weight excluding hydrogens is 338 g/mol. The number of nitrogens with zero attached hydrogens (tertiary/aromatic N) is 1. The normalized spacial score (nSPS) is 14.4. The van der Waals surface area contributed by atoms with Crippen LogP contribution in [0.2, 0.25) is 0 Å². The van der Waals surface area contributed by atoms with Gasteiger partial charge in [0.05, 0.1) is 23.6 Å². The predicted octanol–water partition coefficient (Wildman–Crippen LogP) is 0.681. The summed E-state index contributed by atoms with van der Waals surface area (Å²) in [7, 11) is -3.61. The highest BCUT2D eigenvalue weighted by molar-refractivity contribution is 7.91. The first-order valence-corrected chi connectivity index (χ1v) is 8.87. The number of amides is 2. The number of carbonyl (C=O) groups is 3. The van der Waals surface area contributed by atoms with E-state index in [9.17, 15) is 22.8 Å². The fourth-order valence-electron chi connectivity index (χ4n) is 1.99. The second-order valence-corrected chi connectivity index (χ2v) is 7.31. The van der Waals surface area contributed by atoms with Crippen molar-refractivity contribution in [2.75, 3.05) is 25.5 Å². The maximum absolute atomic E-state index is 12.1. The highest BCUT2D eigenvalue weighted by Crippen LogP contribution is 2.13. The van der Waals surface area contributed by atoms with Crippen LogP contribution < -0.4 is 0 Å². The van der Waals surface area contributed by atoms with Gasteiger partial charge in [0.15, 0.2) is 16.4 Å². The first-order valence-electron chi connectivity index (χ1n) is 7.22. The Morgan fingerprint density at radius 3 is 2.50 bits per heavy atom. The number of esters is 1. The molecule has 8 nitrogen and oxygen atoms in total. The van der Waals surface area contributed by atoms with Crippen LogP contribution in [0.4, 0.5) is 4.79 Å². The number of cyclic esters (lactones) is 1. The molecule has 0 aliphatic carbocycles. The van der Waals surface area contributed by atoms with Crippen molar-refractivity contribution >= 4 is 27.8 Å². The van der Waals surface area contributed by atoms with Gasteiger partial charge in [0.1, 0.15) is 6.61 Å². The molecule has 0 unspecified atom stereocenters. The number of aryl methyl sites for hydroxylation is 1. The number of ether oxygens (including phenoxy) is 2. The first-order chi connectivity index (χ1) is 11.3. The van der Waals surface area contributed by atoms with E-state index in [0.29, 0.717) is 0 Å². The van der Waals surface area contributed by atoms with Gasteiger partial charge in [-0.1, -0.05) is 17.7 Å². The fraction of sp³-hybridized carbons (Fsp3) is 0.400. The SMILES string of the molecule is Cc1ccc(S(=O)(=O)CCC(=O)OCC(=O)N2CCOC2=O)cc1. The molecule has 24 heavy (non-hydrogen) atoms. The van der Waals surface area contributed by atoms with Gasteiger partial charge < -0.3 is 9.47 Å². The fourth-order valence-corrected chi connectivity index (χ4v) is 3.22. The predicted molar refractivity (Wildman–Crippen MR) is 81.9 cm³/mol. The summed E-state index contributed by atoms with van der Waals surface area (Å²) in [6, 6.07) is 6.27. The number of benzene rings is 1. The molecule has 2 amide bonds. The van der Waals surface area contributed by atoms with Crippen LogP contribution in [0.5, 0.6) is 0 Å². The molecule has 1 aliphatic rings. The van der Waals surface area contributed by atoms with E-state index in [1.807, 2.05) is 6.92 Å². The molecule has 0 aromatic heterocycles. The van der Waals surface area contributed by atoms with Crippen molar-refractivity contribution < 1.29 is 32.3 Å². The molecule has 1 heterocycles. The minimum absolute atomic E-state index is 0.104. The highest BCUT2D eigenvalue weighted by atomic mass is 32.2. The number of hydrogen-bond acceptors (Lipinski definition) is 7. The van der Waals surface area contributed by atoms with Crippen LogP contribution in [0.3, 0.4) is 0 Å². The Morgan fingerprint density at radius 2 is 1.92 bits per heavy atom. The van der Waals surface area contributed by atoms with E-state index in [-0.39, 0.29) is 24.5 Å². The third kappa shape index (κ3) is 4.54. The van der Waals surface area contributed by atoms with Crippen LogP contribution in [0.15, 0.2) is 29.2 Å². The summed E-state index contributed by atoms with van der Waals surface area (Å²) >= 11 is 0. The van der Waals surface area contributed by atoms with Crippen molar-refractivity contribution in [2.45, 2.75) is 18.2 Å². The number of imide groups is 1. The van der Waals surface area contributed by atoms with E-state index < -0.39 is 40.2 Å². The van der Waals surface area contributed by atoms with Crippen molar-refractivity contribution in [1.29, 1.82) is 0 Å². The first kappa shape index (κ1) is 17.9. The Hall–Kier alpha value is -2.42. The van der Waals surface area contributed by atoms with E-state index in [0.717, 1.165) is 10.5 Å². The Balaban J connectivity index is 1.81. The summed E-state index contributed by atoms with van der Waals surface area (Å²) in [4.78, 5) is 35.4. The molecule has 0 spiro atoms. The number of hydrogen-bond donors (Lipinski definition) is 0. The lowest BCUT2D eigenvalue weighted by atomic mass is 10.2. The zero-order chi connectivity index (χ0) is 17.7. The van der Waals surface area contributed by atoms with Gasteiger partial charge in [0.2, 0.25) is 0 Å². The van der Waals surface area contributed by atoms with Crippen LogP contribution in [-0.2, 0) is 28.9 Å². The van der Waals surface area contributed by atoms with Crippen LogP contribution in [-0.4, -0.2) is 56.8 Å². The van der Waals surface area contributed by atoms with Crippen molar-refractivity contribution in [1.82, 2.24) is 4.90 Å². The second-order valence-electron chi connectivity index (χ2n) is 5.20. The molecule has 9 heteroatoms. The van der Waals surface area contributed by atoms with Crippen LogP contribution in [0.1, 0.15) is 12.0 Å². The summed E-state index contributed by atoms with van der Waals surface area (Å²) in [5.41, 5.74) is 0.923. The zero-order valence-electron chi connectivity index (χ0n) is 13.1. The second kappa shape index (κ2) is 7.43. The molecular formula is C15H17NO7S. The van der Waals surface area contributed by atoms with Crippen LogP contribution in [0, 0.1) is 6.92 Å². The van der Waals surface area contributed by atoms with Gasteiger partial charge >= 0.3 is 12.1 Å². The zero-order valence-corrected chi connectivity index (χ0v) is 13.9. The molecule has 1 saturated heterocycles. The minimum Gasteiger partial charge on any atom is -0.456 e. The van der Waals surface area contributed by atoms with E-state index >= 15 is 0 Å². The molecule has 0 bridgehead atoms. The maximum atomic E-state index is 12.1. The van der Waals surface area contributed by atoms with Gasteiger partial charge in [-0.2, -0.15) is 0 Å². The number of sulfone groups is 1. The Kier molecular flexibility index (Phi) is 5.55. The third-order valence-corrected chi connectivity index (χ3v) is 5.11. The van der Waals surface area contributed by atoms with Crippen molar-refractivity contribution in [2.24, 2.45) is 0 Å². The molecule has 1 fully saturated rings. The summed E-state index contributed by atoms with van der Waals surface area (Å²) < 4.78 is 33.5. The molecule has 0 saturated carbocycles. The summed E-state index contributed by atoms with van der Waals surface area (Å²) in [6.45, 7) is 1.42. The lowest BCUT2D eigenvalue weighted by Gasteiger charge is -2.11. The Labute approximate surface area is 139 Å². The summed E-state index contributed by atoms with van der Waals surface area (Å²) in [5, 5.41) is 0. The maximum Gasteiger partial charge on any atom is 0.416 e. The Bertz CT molecular complexity index is 740. The smallest absolute Gasteiger partial charge is 0.416 e. The van der Waals surface area contributed by atoms with Gasteiger partial charge in [-0.3, -0.25) is 9.59 Å². The van der Waals surface area contributed by atoms with E-state index in [1.54, 1.807) is 12.1 Å². The molecule has 1 aromatic carbocycles. The van der Waals surface area contributed by atoms with E-state index in [1.165, 1.54) is 12.1 Å². The van der Waals surface area contributed by atoms with Crippen molar-refractivity contribution in [3.05, 3.63) is 29.8 Å². The minimum atomic E-state index is -3.61. The molecule has 1 aliphatic heterocycles. The van der Waals surface area contributed by atoms with Gasteiger partial charge in [0.25, 0.3) is 5.91 Å². The molecule has 0 N–H and O–H groups in total. The van der Waals surface area contributed by atoms with Gasteiger partial charge in [-0.25, -0.2) is 18.1 Å². The third-order valence-electron chi connectivity index (χ3n) is 3.37. The average molecular weight is 355 g/mol. The molecule has 1 aromatic rings. The van der Waals surface area contributed by atoms with E-state index in [4.69, 9.17) is 4.74 Å². The average Bonchev–Trinajstić information content (AvgIpc) is 2.97. The number of rotatable bonds is 6. The van der Waals surface area contributed by atoms with Crippen molar-refractivity contribution in [3.63, 3.8) is 0 Å². The summed E-state index contributed by atoms with van der Waals surface area (Å²) in [6.07, 6.45) is -1.16. The van der Waals surface area contributed by atoms with Crippen molar-refractivity contribution in [3.8, 4) is 0 Å². The molecule has 0 atom stereocenters. The molecule has 0 radical (unpaired) electrons. The summed E-state index contributed by atoms with van der Waals surface area (Å²) in [5.74, 6) is -1.95. The van der Waals surface area contributed by atoms with Gasteiger partial charge in [-0.15, -0.1) is 0 Å². The van der Waals surface area contributed by atoms with E-state index in [2.05, 4.69) is 4.74 Å². The van der Waals surface area contributed by atoms with Gasteiger partial charge in [-0.05, 0) is 19.1 Å². The highest BCUT2D eigenvalue weighted by Gasteiger charge is 2.29. The monoisotopic (exact) mass is 355 g/mol. The topological polar surface area (TPSA) is 107 Å².